The Kier molecular flexibility index (Phi) is 4.01. The minimum absolute atomic E-state index is 0.0403. The van der Waals surface area contributed by atoms with E-state index in [-0.39, 0.29) is 17.4 Å². The van der Waals surface area contributed by atoms with Crippen molar-refractivity contribution in [3.8, 4) is 0 Å². The first kappa shape index (κ1) is 16.2. The van der Waals surface area contributed by atoms with Gasteiger partial charge in [0.15, 0.2) is 5.78 Å². The first-order valence-electron chi connectivity index (χ1n) is 8.20. The van der Waals surface area contributed by atoms with Crippen molar-refractivity contribution in [2.75, 3.05) is 18.4 Å². The van der Waals surface area contributed by atoms with E-state index in [2.05, 4.69) is 20.6 Å². The van der Waals surface area contributed by atoms with Crippen molar-refractivity contribution in [2.45, 2.75) is 12.8 Å². The highest BCUT2D eigenvalue weighted by atomic mass is 35.5. The summed E-state index contributed by atoms with van der Waals surface area (Å²) in [6, 6.07) is 8.21. The van der Waals surface area contributed by atoms with Crippen LogP contribution in [0.5, 0.6) is 0 Å². The second kappa shape index (κ2) is 6.20. The van der Waals surface area contributed by atoms with E-state index in [9.17, 15) is 9.59 Å². The topological polar surface area (TPSA) is 84.0 Å². The normalized spacial score (nSPS) is 18.3. The third-order valence-electron chi connectivity index (χ3n) is 4.93. The zero-order valence-electron chi connectivity index (χ0n) is 13.5. The van der Waals surface area contributed by atoms with E-state index >= 15 is 0 Å². The number of halogens is 1. The van der Waals surface area contributed by atoms with Crippen molar-refractivity contribution >= 4 is 29.1 Å². The first-order valence-corrected chi connectivity index (χ1v) is 8.57. The fourth-order valence-electron chi connectivity index (χ4n) is 3.48. The molecule has 0 unspecified atom stereocenters. The molecule has 2 aromatic heterocycles. The molecule has 6 nitrogen and oxygen atoms in total. The average molecular weight is 357 g/mol. The maximum Gasteiger partial charge on any atom is 0.275 e. The third kappa shape index (κ3) is 3.15. The molecule has 1 amide bonds. The molecule has 1 spiro atoms. The number of hydrogen-bond donors (Lipinski definition) is 2. The molecule has 0 aromatic carbocycles. The van der Waals surface area contributed by atoms with Crippen molar-refractivity contribution < 1.29 is 9.59 Å². The molecule has 2 aliphatic rings. The first-order chi connectivity index (χ1) is 12.0. The van der Waals surface area contributed by atoms with Gasteiger partial charge < -0.3 is 10.6 Å². The molecule has 1 saturated heterocycles. The molecular weight excluding hydrogens is 340 g/mol. The van der Waals surface area contributed by atoms with Gasteiger partial charge in [-0.1, -0.05) is 17.7 Å². The SMILES string of the molecule is O=C(Nc1cccc(C(=O)C2CC3(CNC3)C2)n1)c1ccc(Cl)cn1. The van der Waals surface area contributed by atoms with E-state index in [1.54, 1.807) is 24.3 Å². The van der Waals surface area contributed by atoms with Gasteiger partial charge >= 0.3 is 0 Å². The molecule has 7 heteroatoms. The average Bonchev–Trinajstić information content (AvgIpc) is 2.53. The molecule has 1 saturated carbocycles. The molecule has 25 heavy (non-hydrogen) atoms. The third-order valence-corrected chi connectivity index (χ3v) is 5.16. The molecule has 2 fully saturated rings. The molecule has 2 aromatic rings. The Morgan fingerprint density at radius 3 is 2.60 bits per heavy atom. The lowest BCUT2D eigenvalue weighted by Gasteiger charge is -2.53. The summed E-state index contributed by atoms with van der Waals surface area (Å²) in [4.78, 5) is 33.0. The van der Waals surface area contributed by atoms with Gasteiger partial charge in [0.1, 0.15) is 17.2 Å². The Labute approximate surface area is 150 Å². The van der Waals surface area contributed by atoms with E-state index in [1.807, 2.05) is 0 Å². The van der Waals surface area contributed by atoms with Crippen molar-refractivity contribution in [2.24, 2.45) is 11.3 Å². The molecule has 0 atom stereocenters. The van der Waals surface area contributed by atoms with E-state index in [4.69, 9.17) is 11.6 Å². The Balaban J connectivity index is 1.43. The summed E-state index contributed by atoms with van der Waals surface area (Å²) in [6.07, 6.45) is 3.25. The van der Waals surface area contributed by atoms with Crippen LogP contribution in [0.4, 0.5) is 5.82 Å². The van der Waals surface area contributed by atoms with Crippen LogP contribution in [0.15, 0.2) is 36.5 Å². The number of nitrogens with zero attached hydrogens (tertiary/aromatic N) is 2. The van der Waals surface area contributed by atoms with Crippen molar-refractivity contribution in [1.29, 1.82) is 0 Å². The van der Waals surface area contributed by atoms with Crippen LogP contribution in [0.2, 0.25) is 5.02 Å². The monoisotopic (exact) mass is 356 g/mol. The summed E-state index contributed by atoms with van der Waals surface area (Å²) in [5.74, 6) is 0.0422. The number of hydrogen-bond acceptors (Lipinski definition) is 5. The predicted molar refractivity (Wildman–Crippen MR) is 93.8 cm³/mol. The predicted octanol–water partition coefficient (Wildman–Crippen LogP) is 2.56. The number of nitrogens with one attached hydrogen (secondary N) is 2. The molecular formula is C18H17ClN4O2. The van der Waals surface area contributed by atoms with E-state index < -0.39 is 5.91 Å². The van der Waals surface area contributed by atoms with Crippen LogP contribution in [0, 0.1) is 11.3 Å². The lowest BCUT2D eigenvalue weighted by atomic mass is 9.57. The summed E-state index contributed by atoms with van der Waals surface area (Å²) in [5, 5.41) is 6.39. The Morgan fingerprint density at radius 1 is 1.16 bits per heavy atom. The van der Waals surface area contributed by atoms with Gasteiger partial charge in [0.25, 0.3) is 5.91 Å². The number of aromatic nitrogens is 2. The van der Waals surface area contributed by atoms with Crippen molar-refractivity contribution in [1.82, 2.24) is 15.3 Å². The molecule has 1 aliphatic heterocycles. The van der Waals surface area contributed by atoms with Crippen LogP contribution in [0.1, 0.15) is 33.8 Å². The van der Waals surface area contributed by atoms with E-state index in [0.29, 0.717) is 21.9 Å². The number of carbonyl (C=O) groups is 2. The van der Waals surface area contributed by atoms with Gasteiger partial charge in [0.05, 0.1) is 5.02 Å². The number of pyridine rings is 2. The number of rotatable bonds is 4. The Bertz CT molecular complexity index is 825. The van der Waals surface area contributed by atoms with Crippen LogP contribution in [0.25, 0.3) is 0 Å². The molecule has 0 radical (unpaired) electrons. The number of ketones is 1. The smallest absolute Gasteiger partial charge is 0.275 e. The maximum atomic E-state index is 12.6. The summed E-state index contributed by atoms with van der Waals surface area (Å²) in [7, 11) is 0. The molecule has 3 heterocycles. The lowest BCUT2D eigenvalue weighted by Crippen LogP contribution is -2.61. The van der Waals surface area contributed by atoms with E-state index in [1.165, 1.54) is 12.3 Å². The van der Waals surface area contributed by atoms with Gasteiger partial charge in [-0.15, -0.1) is 0 Å². The standard InChI is InChI=1S/C18H17ClN4O2/c19-12-4-5-14(21-8-12)17(25)23-15-3-1-2-13(22-15)16(24)11-6-18(7-11)9-20-10-18/h1-5,8,11,20H,6-7,9-10H2,(H,22,23,25). The summed E-state index contributed by atoms with van der Waals surface area (Å²) >= 11 is 5.77. The summed E-state index contributed by atoms with van der Waals surface area (Å²) in [5.41, 5.74) is 0.974. The van der Waals surface area contributed by atoms with Crippen LogP contribution >= 0.6 is 11.6 Å². The Morgan fingerprint density at radius 2 is 1.96 bits per heavy atom. The highest BCUT2D eigenvalue weighted by Crippen LogP contribution is 2.49. The van der Waals surface area contributed by atoms with Gasteiger partial charge in [0.2, 0.25) is 0 Å². The van der Waals surface area contributed by atoms with Crippen LogP contribution in [-0.2, 0) is 0 Å². The number of anilines is 1. The highest BCUT2D eigenvalue weighted by molar-refractivity contribution is 6.30. The zero-order chi connectivity index (χ0) is 17.4. The Hall–Kier alpha value is -2.31. The molecule has 128 valence electrons. The lowest BCUT2D eigenvalue weighted by molar-refractivity contribution is 0.00584. The highest BCUT2D eigenvalue weighted by Gasteiger charge is 2.51. The summed E-state index contributed by atoms with van der Waals surface area (Å²) in [6.45, 7) is 2.02. The fraction of sp³-hybridized carbons (Fsp3) is 0.333. The van der Waals surface area contributed by atoms with E-state index in [0.717, 1.165) is 25.9 Å². The minimum atomic E-state index is -0.392. The van der Waals surface area contributed by atoms with Gasteiger partial charge in [-0.25, -0.2) is 9.97 Å². The second-order valence-electron chi connectivity index (χ2n) is 6.80. The maximum absolute atomic E-state index is 12.6. The van der Waals surface area contributed by atoms with Gasteiger partial charge in [-0.2, -0.15) is 0 Å². The molecule has 4 rings (SSSR count). The molecule has 2 N–H and O–H groups in total. The van der Waals surface area contributed by atoms with Crippen molar-refractivity contribution in [3.63, 3.8) is 0 Å². The largest absolute Gasteiger partial charge is 0.316 e. The van der Waals surface area contributed by atoms with Gasteiger partial charge in [-0.05, 0) is 42.5 Å². The van der Waals surface area contributed by atoms with Gasteiger partial charge in [0, 0.05) is 25.2 Å². The molecule has 1 aliphatic carbocycles. The van der Waals surface area contributed by atoms with Crippen LogP contribution in [0.3, 0.4) is 0 Å². The summed E-state index contributed by atoms with van der Waals surface area (Å²) < 4.78 is 0. The fourth-order valence-corrected chi connectivity index (χ4v) is 3.59. The van der Waals surface area contributed by atoms with Crippen molar-refractivity contribution in [3.05, 3.63) is 52.9 Å². The zero-order valence-corrected chi connectivity index (χ0v) is 14.2. The second-order valence-corrected chi connectivity index (χ2v) is 7.23. The quantitative estimate of drug-likeness (QED) is 0.822. The van der Waals surface area contributed by atoms with Crippen LogP contribution < -0.4 is 10.6 Å². The number of Topliss-reactive ketones (excluding diaryl/α,β-unsaturated/α-hetero) is 1. The molecule has 0 bridgehead atoms. The number of carbonyl (C=O) groups excluding carboxylic acids is 2. The minimum Gasteiger partial charge on any atom is -0.316 e. The van der Waals surface area contributed by atoms with Crippen LogP contribution in [-0.4, -0.2) is 34.7 Å². The number of amides is 1. The van der Waals surface area contributed by atoms with Gasteiger partial charge in [-0.3, -0.25) is 9.59 Å².